The number of allylic oxidation sites excluding steroid dienone is 1. The Morgan fingerprint density at radius 1 is 1.33 bits per heavy atom. The molecule has 0 aliphatic heterocycles. The molecule has 0 nitrogen and oxygen atoms in total. The predicted octanol–water partition coefficient (Wildman–Crippen LogP) is 5.17. The summed E-state index contributed by atoms with van der Waals surface area (Å²) in [4.78, 5) is 0. The van der Waals surface area contributed by atoms with E-state index in [2.05, 4.69) is 6.58 Å². The monoisotopic (exact) mass is 294 g/mol. The lowest BCUT2D eigenvalue weighted by Gasteiger charge is -2.08. The van der Waals surface area contributed by atoms with E-state index in [0.717, 1.165) is 17.7 Å². The third-order valence-corrected chi connectivity index (χ3v) is 4.10. The fraction of sp³-hybridized carbons (Fsp3) is 0.385. The third kappa shape index (κ3) is 2.26. The lowest BCUT2D eigenvalue weighted by molar-refractivity contribution is -0.137. The van der Waals surface area contributed by atoms with Crippen LogP contribution >= 0.6 is 23.2 Å². The van der Waals surface area contributed by atoms with Gasteiger partial charge in [-0.05, 0) is 18.6 Å². The van der Waals surface area contributed by atoms with E-state index in [-0.39, 0.29) is 11.8 Å². The minimum Gasteiger partial charge on any atom is -0.166 e. The molecule has 1 fully saturated rings. The van der Waals surface area contributed by atoms with Gasteiger partial charge in [0.25, 0.3) is 0 Å². The molecule has 2 unspecified atom stereocenters. The van der Waals surface area contributed by atoms with Gasteiger partial charge in [-0.2, -0.15) is 13.2 Å². The lowest BCUT2D eigenvalue weighted by atomic mass is 10.0. The molecule has 0 amide bonds. The van der Waals surface area contributed by atoms with Crippen LogP contribution in [0.2, 0.25) is 0 Å². The molecule has 0 heterocycles. The van der Waals surface area contributed by atoms with E-state index >= 15 is 0 Å². The molecule has 1 aromatic rings. The quantitative estimate of drug-likeness (QED) is 0.521. The summed E-state index contributed by atoms with van der Waals surface area (Å²) in [5.41, 5.74) is 0.599. The first kappa shape index (κ1) is 13.8. The zero-order valence-corrected chi connectivity index (χ0v) is 11.1. The van der Waals surface area contributed by atoms with Crippen LogP contribution < -0.4 is 0 Å². The highest BCUT2D eigenvalue weighted by molar-refractivity contribution is 6.52. The molecule has 2 rings (SSSR count). The van der Waals surface area contributed by atoms with Gasteiger partial charge in [0, 0.05) is 11.8 Å². The van der Waals surface area contributed by atoms with Gasteiger partial charge >= 0.3 is 6.18 Å². The molecule has 1 aliphatic carbocycles. The molecule has 1 aromatic carbocycles. The standard InChI is InChI=1S/C13H11Cl2F3/c1-7(2)10-11(12(10,14)15)8-4-3-5-9(6-8)13(16,17)18/h3-6,10-11H,1H2,2H3. The first-order valence-electron chi connectivity index (χ1n) is 5.36. The van der Waals surface area contributed by atoms with Crippen LogP contribution in [0.1, 0.15) is 24.0 Å². The van der Waals surface area contributed by atoms with Gasteiger partial charge in [-0.3, -0.25) is 0 Å². The van der Waals surface area contributed by atoms with Crippen molar-refractivity contribution < 1.29 is 13.2 Å². The first-order valence-corrected chi connectivity index (χ1v) is 6.11. The summed E-state index contributed by atoms with van der Waals surface area (Å²) < 4.78 is 36.8. The molecule has 1 saturated carbocycles. The van der Waals surface area contributed by atoms with E-state index in [4.69, 9.17) is 23.2 Å². The molecule has 0 spiro atoms. The average Bonchev–Trinajstić information content (AvgIpc) is 2.81. The van der Waals surface area contributed by atoms with E-state index < -0.39 is 16.1 Å². The van der Waals surface area contributed by atoms with Gasteiger partial charge in [-0.15, -0.1) is 23.2 Å². The summed E-state index contributed by atoms with van der Waals surface area (Å²) in [6.45, 7) is 5.54. The van der Waals surface area contributed by atoms with Crippen LogP contribution in [0.3, 0.4) is 0 Å². The molecule has 2 atom stereocenters. The molecule has 1 aliphatic rings. The Hall–Kier alpha value is -0.670. The predicted molar refractivity (Wildman–Crippen MR) is 66.9 cm³/mol. The summed E-state index contributed by atoms with van der Waals surface area (Å²) in [5, 5.41) is 0. The Balaban J connectivity index is 2.34. The van der Waals surface area contributed by atoms with Crippen molar-refractivity contribution in [3.05, 3.63) is 47.5 Å². The molecule has 5 heteroatoms. The maximum absolute atomic E-state index is 12.6. The van der Waals surface area contributed by atoms with Gasteiger partial charge in [-0.1, -0.05) is 30.4 Å². The first-order chi connectivity index (χ1) is 8.15. The van der Waals surface area contributed by atoms with Crippen LogP contribution in [-0.2, 0) is 6.18 Å². The molecular formula is C13H11Cl2F3. The second kappa shape index (κ2) is 4.17. The molecule has 0 saturated heterocycles. The van der Waals surface area contributed by atoms with Gasteiger partial charge in [0.05, 0.1) is 5.56 Å². The van der Waals surface area contributed by atoms with E-state index in [9.17, 15) is 13.2 Å². The van der Waals surface area contributed by atoms with E-state index in [1.807, 2.05) is 0 Å². The maximum atomic E-state index is 12.6. The number of hydrogen-bond donors (Lipinski definition) is 0. The van der Waals surface area contributed by atoms with E-state index in [0.29, 0.717) is 5.56 Å². The second-order valence-corrected chi connectivity index (χ2v) is 6.04. The van der Waals surface area contributed by atoms with E-state index in [1.54, 1.807) is 13.0 Å². The molecule has 98 valence electrons. The number of hydrogen-bond acceptors (Lipinski definition) is 0. The smallest absolute Gasteiger partial charge is 0.166 e. The van der Waals surface area contributed by atoms with Crippen LogP contribution in [0.15, 0.2) is 36.4 Å². The van der Waals surface area contributed by atoms with Crippen molar-refractivity contribution in [1.29, 1.82) is 0 Å². The van der Waals surface area contributed by atoms with Crippen molar-refractivity contribution in [1.82, 2.24) is 0 Å². The molecular weight excluding hydrogens is 284 g/mol. The number of rotatable bonds is 2. The summed E-state index contributed by atoms with van der Waals surface area (Å²) in [7, 11) is 0. The van der Waals surface area contributed by atoms with Crippen LogP contribution in [0.25, 0.3) is 0 Å². The number of alkyl halides is 5. The van der Waals surface area contributed by atoms with E-state index in [1.165, 1.54) is 6.07 Å². The van der Waals surface area contributed by atoms with Crippen molar-refractivity contribution in [2.75, 3.05) is 0 Å². The van der Waals surface area contributed by atoms with Crippen LogP contribution in [0.5, 0.6) is 0 Å². The summed E-state index contributed by atoms with van der Waals surface area (Å²) in [6.07, 6.45) is -4.36. The largest absolute Gasteiger partial charge is 0.416 e. The van der Waals surface area contributed by atoms with Crippen molar-refractivity contribution in [2.24, 2.45) is 5.92 Å². The van der Waals surface area contributed by atoms with Gasteiger partial charge in [-0.25, -0.2) is 0 Å². The lowest BCUT2D eigenvalue weighted by Crippen LogP contribution is -2.05. The Bertz CT molecular complexity index is 491. The normalized spacial score (nSPS) is 25.9. The van der Waals surface area contributed by atoms with Crippen molar-refractivity contribution >= 4 is 23.2 Å². The third-order valence-electron chi connectivity index (χ3n) is 3.16. The minimum absolute atomic E-state index is 0.190. The molecule has 0 aromatic heterocycles. The van der Waals surface area contributed by atoms with Crippen LogP contribution in [0, 0.1) is 5.92 Å². The van der Waals surface area contributed by atoms with Crippen LogP contribution in [-0.4, -0.2) is 4.33 Å². The Labute approximate surface area is 113 Å². The number of halogens is 5. The van der Waals surface area contributed by atoms with Gasteiger partial charge in [0.15, 0.2) is 0 Å². The average molecular weight is 295 g/mol. The highest BCUT2D eigenvalue weighted by Crippen LogP contribution is 2.67. The second-order valence-electron chi connectivity index (χ2n) is 4.60. The topological polar surface area (TPSA) is 0 Å². The fourth-order valence-corrected chi connectivity index (χ4v) is 3.27. The SMILES string of the molecule is C=C(C)C1C(c2cccc(C(F)(F)F)c2)C1(Cl)Cl. The molecule has 0 radical (unpaired) electrons. The van der Waals surface area contributed by atoms with Crippen LogP contribution in [0.4, 0.5) is 13.2 Å². The summed E-state index contributed by atoms with van der Waals surface area (Å²) in [6, 6.07) is 5.12. The fourth-order valence-electron chi connectivity index (χ4n) is 2.26. The zero-order valence-electron chi connectivity index (χ0n) is 9.56. The summed E-state index contributed by atoms with van der Waals surface area (Å²) in [5.74, 6) is -0.509. The Morgan fingerprint density at radius 3 is 2.39 bits per heavy atom. The molecule has 18 heavy (non-hydrogen) atoms. The summed E-state index contributed by atoms with van der Waals surface area (Å²) >= 11 is 12.2. The van der Waals surface area contributed by atoms with Gasteiger partial charge in [0.2, 0.25) is 0 Å². The highest BCUT2D eigenvalue weighted by Gasteiger charge is 2.64. The highest BCUT2D eigenvalue weighted by atomic mass is 35.5. The number of benzene rings is 1. The van der Waals surface area contributed by atoms with Crippen molar-refractivity contribution in [3.63, 3.8) is 0 Å². The Morgan fingerprint density at radius 2 is 1.94 bits per heavy atom. The minimum atomic E-state index is -4.36. The van der Waals surface area contributed by atoms with Gasteiger partial charge < -0.3 is 0 Å². The van der Waals surface area contributed by atoms with Gasteiger partial charge in [0.1, 0.15) is 4.33 Å². The molecule has 0 N–H and O–H groups in total. The molecule has 0 bridgehead atoms. The van der Waals surface area contributed by atoms with Crippen molar-refractivity contribution in [2.45, 2.75) is 23.4 Å². The maximum Gasteiger partial charge on any atom is 0.416 e. The zero-order chi connectivity index (χ0) is 13.7. The van der Waals surface area contributed by atoms with Crippen molar-refractivity contribution in [3.8, 4) is 0 Å². The Kier molecular flexibility index (Phi) is 3.19.